The molecule has 1 saturated heterocycles. The molecule has 0 radical (unpaired) electrons. The van der Waals surface area contributed by atoms with Crippen LogP contribution in [0.3, 0.4) is 0 Å². The molecule has 0 amide bonds. The Balaban J connectivity index is 1.66. The van der Waals surface area contributed by atoms with Gasteiger partial charge in [-0.2, -0.15) is 5.10 Å². The van der Waals surface area contributed by atoms with Crippen molar-refractivity contribution in [3.63, 3.8) is 0 Å². The molecule has 0 unspecified atom stereocenters. The third-order valence-electron chi connectivity index (χ3n) is 7.23. The molecule has 6 nitrogen and oxygen atoms in total. The number of rotatable bonds is 8. The molecule has 0 aliphatic carbocycles. The molecule has 2 aromatic rings. The van der Waals surface area contributed by atoms with Crippen molar-refractivity contribution in [1.82, 2.24) is 9.78 Å². The molecule has 196 valence electrons. The second-order valence-corrected chi connectivity index (χ2v) is 17.3. The predicted octanol–water partition coefficient (Wildman–Crippen LogP) is 5.24. The van der Waals surface area contributed by atoms with Crippen LogP contribution in [0.4, 0.5) is 8.78 Å². The first-order valence-corrected chi connectivity index (χ1v) is 16.3. The van der Waals surface area contributed by atoms with Gasteiger partial charge in [0, 0.05) is 31.3 Å². The monoisotopic (exact) mass is 518 g/mol. The molecule has 1 aromatic heterocycles. The van der Waals surface area contributed by atoms with Crippen molar-refractivity contribution >= 4 is 26.2 Å². The lowest BCUT2D eigenvalue weighted by Crippen LogP contribution is -2.41. The number of halogens is 2. The molecule has 4 rings (SSSR count). The van der Waals surface area contributed by atoms with E-state index in [-0.39, 0.29) is 17.8 Å². The Morgan fingerprint density at radius 3 is 2.36 bits per heavy atom. The zero-order valence-corrected chi connectivity index (χ0v) is 23.4. The lowest BCUT2D eigenvalue weighted by atomic mass is 9.77. The Morgan fingerprint density at radius 1 is 1.06 bits per heavy atom. The molecule has 0 saturated carbocycles. The van der Waals surface area contributed by atoms with Gasteiger partial charge in [0.15, 0.2) is 11.6 Å². The normalized spacial score (nSPS) is 19.6. The van der Waals surface area contributed by atoms with E-state index >= 15 is 8.78 Å². The van der Waals surface area contributed by atoms with Gasteiger partial charge in [-0.3, -0.25) is 0 Å². The van der Waals surface area contributed by atoms with Gasteiger partial charge < -0.3 is 18.8 Å². The summed E-state index contributed by atoms with van der Waals surface area (Å²) in [5.41, 5.74) is 1.11. The van der Waals surface area contributed by atoms with Gasteiger partial charge in [0.25, 0.3) is 0 Å². The van der Waals surface area contributed by atoms with E-state index in [2.05, 4.69) is 24.7 Å². The molecule has 0 spiro atoms. The molecule has 10 heteroatoms. The van der Waals surface area contributed by atoms with Gasteiger partial charge in [-0.1, -0.05) is 37.8 Å². The Morgan fingerprint density at radius 2 is 1.75 bits per heavy atom. The summed E-state index contributed by atoms with van der Waals surface area (Å²) in [4.78, 5) is 0. The van der Waals surface area contributed by atoms with Crippen LogP contribution in [-0.4, -0.2) is 56.0 Å². The molecule has 1 aromatic carbocycles. The van der Waals surface area contributed by atoms with Crippen LogP contribution < -0.4 is 5.46 Å². The molecular weight excluding hydrogens is 481 g/mol. The van der Waals surface area contributed by atoms with Gasteiger partial charge in [0.2, 0.25) is 0 Å². The molecular formula is C26H37BF2N2O4Si. The summed E-state index contributed by atoms with van der Waals surface area (Å²) >= 11 is 0. The van der Waals surface area contributed by atoms with Crippen molar-refractivity contribution in [2.45, 2.75) is 77.7 Å². The maximum absolute atomic E-state index is 15.6. The fraction of sp³-hybridized carbons (Fsp3) is 0.577. The molecule has 36 heavy (non-hydrogen) atoms. The first kappa shape index (κ1) is 27.2. The van der Waals surface area contributed by atoms with Crippen LogP contribution in [0.5, 0.6) is 0 Å². The van der Waals surface area contributed by atoms with E-state index in [1.54, 1.807) is 23.0 Å². The van der Waals surface area contributed by atoms with Crippen molar-refractivity contribution in [2.24, 2.45) is 0 Å². The molecule has 0 N–H and O–H groups in total. The van der Waals surface area contributed by atoms with Gasteiger partial charge in [0.1, 0.15) is 6.73 Å². The SMILES string of the molecule is CC1(C)OB(c2ccc(-c3cnn(COCC[Si](C)(C)C)c3C3=CCOCC3)c(F)c2F)OC1(C)C. The smallest absolute Gasteiger partial charge is 0.399 e. The highest BCUT2D eigenvalue weighted by Gasteiger charge is 2.52. The van der Waals surface area contributed by atoms with E-state index in [4.69, 9.17) is 18.8 Å². The highest BCUT2D eigenvalue weighted by atomic mass is 28.3. The van der Waals surface area contributed by atoms with Gasteiger partial charge in [-0.25, -0.2) is 13.5 Å². The lowest BCUT2D eigenvalue weighted by molar-refractivity contribution is 0.00578. The average Bonchev–Trinajstić information content (AvgIpc) is 3.30. The summed E-state index contributed by atoms with van der Waals surface area (Å²) in [6, 6.07) is 4.16. The van der Waals surface area contributed by atoms with Crippen molar-refractivity contribution in [3.8, 4) is 11.1 Å². The first-order chi connectivity index (χ1) is 16.8. The summed E-state index contributed by atoms with van der Waals surface area (Å²) in [7, 11) is -2.22. The summed E-state index contributed by atoms with van der Waals surface area (Å²) in [6.07, 6.45) is 4.21. The van der Waals surface area contributed by atoms with Crippen molar-refractivity contribution in [3.05, 3.63) is 41.7 Å². The van der Waals surface area contributed by atoms with Crippen molar-refractivity contribution in [1.29, 1.82) is 0 Å². The number of ether oxygens (including phenoxy) is 2. The Bertz CT molecular complexity index is 1130. The largest absolute Gasteiger partial charge is 0.497 e. The zero-order chi connectivity index (χ0) is 26.3. The second kappa shape index (κ2) is 10.1. The van der Waals surface area contributed by atoms with Crippen LogP contribution in [0, 0.1) is 11.6 Å². The van der Waals surface area contributed by atoms with Crippen LogP contribution in [0.15, 0.2) is 24.4 Å². The highest BCUT2D eigenvalue weighted by molar-refractivity contribution is 6.76. The van der Waals surface area contributed by atoms with E-state index < -0.39 is 38.0 Å². The maximum atomic E-state index is 15.6. The first-order valence-electron chi connectivity index (χ1n) is 12.6. The van der Waals surface area contributed by atoms with E-state index in [1.807, 2.05) is 33.8 Å². The van der Waals surface area contributed by atoms with Crippen LogP contribution >= 0.6 is 0 Å². The lowest BCUT2D eigenvalue weighted by Gasteiger charge is -2.32. The minimum Gasteiger partial charge on any atom is -0.399 e. The fourth-order valence-electron chi connectivity index (χ4n) is 4.22. The topological polar surface area (TPSA) is 54.7 Å². The number of nitrogens with zero attached hydrogens (tertiary/aromatic N) is 2. The van der Waals surface area contributed by atoms with Crippen LogP contribution in [0.2, 0.25) is 25.7 Å². The van der Waals surface area contributed by atoms with E-state index in [9.17, 15) is 0 Å². The standard InChI is InChI=1S/C26H37BF2N2O4Si/c1-25(2)26(3,4)35-27(34-25)21-9-8-19(22(28)23(21)29)20-16-30-31(17-33-14-15-36(5,6)7)24(20)18-10-12-32-13-11-18/h8-10,16H,11-15,17H2,1-7H3. The minimum absolute atomic E-state index is 0.0452. The van der Waals surface area contributed by atoms with Crippen LogP contribution in [-0.2, 0) is 25.5 Å². The molecule has 3 heterocycles. The summed E-state index contributed by atoms with van der Waals surface area (Å²) in [5, 5.41) is 4.49. The third kappa shape index (κ3) is 5.52. The second-order valence-electron chi connectivity index (χ2n) is 11.7. The van der Waals surface area contributed by atoms with Crippen molar-refractivity contribution < 1.29 is 27.6 Å². The Labute approximate surface area is 214 Å². The van der Waals surface area contributed by atoms with Gasteiger partial charge in [-0.15, -0.1) is 0 Å². The summed E-state index contributed by atoms with van der Waals surface area (Å²) in [5.74, 6) is -1.92. The Hall–Kier alpha value is -1.85. The highest BCUT2D eigenvalue weighted by Crippen LogP contribution is 2.38. The van der Waals surface area contributed by atoms with E-state index in [1.165, 1.54) is 0 Å². The molecule has 2 aliphatic rings. The maximum Gasteiger partial charge on any atom is 0.497 e. The summed E-state index contributed by atoms with van der Waals surface area (Å²) in [6.45, 7) is 16.3. The molecule has 1 fully saturated rings. The van der Waals surface area contributed by atoms with E-state index in [0.29, 0.717) is 31.8 Å². The molecule has 0 bridgehead atoms. The molecule has 2 aliphatic heterocycles. The predicted molar refractivity (Wildman–Crippen MR) is 141 cm³/mol. The summed E-state index contributed by atoms with van der Waals surface area (Å²) < 4.78 is 56.1. The number of hydrogen-bond acceptors (Lipinski definition) is 5. The van der Waals surface area contributed by atoms with E-state index in [0.717, 1.165) is 17.3 Å². The number of benzene rings is 1. The average molecular weight is 518 g/mol. The van der Waals surface area contributed by atoms with Crippen LogP contribution in [0.25, 0.3) is 16.7 Å². The Kier molecular flexibility index (Phi) is 7.66. The zero-order valence-electron chi connectivity index (χ0n) is 22.4. The number of hydrogen-bond donors (Lipinski definition) is 0. The van der Waals surface area contributed by atoms with Crippen LogP contribution in [0.1, 0.15) is 39.8 Å². The van der Waals surface area contributed by atoms with Gasteiger partial charge in [0.05, 0.1) is 36.3 Å². The third-order valence-corrected chi connectivity index (χ3v) is 8.93. The fourth-order valence-corrected chi connectivity index (χ4v) is 4.97. The minimum atomic E-state index is -1.23. The number of aromatic nitrogens is 2. The quantitative estimate of drug-likeness (QED) is 0.353. The van der Waals surface area contributed by atoms with Crippen molar-refractivity contribution in [2.75, 3.05) is 19.8 Å². The van der Waals surface area contributed by atoms with Gasteiger partial charge in [-0.05, 0) is 45.7 Å². The molecule has 0 atom stereocenters. The van der Waals surface area contributed by atoms with Gasteiger partial charge >= 0.3 is 7.12 Å².